The average Bonchev–Trinajstić information content (AvgIpc) is 2.60. The van der Waals surface area contributed by atoms with E-state index in [0.29, 0.717) is 5.03 Å². The molecule has 0 bridgehead atoms. The smallest absolute Gasteiger partial charge is 0.327 e. The molecule has 0 fully saturated rings. The number of ketones is 1. The van der Waals surface area contributed by atoms with Crippen LogP contribution in [0.3, 0.4) is 0 Å². The van der Waals surface area contributed by atoms with Crippen molar-refractivity contribution in [1.82, 2.24) is 10.2 Å². The van der Waals surface area contributed by atoms with E-state index in [0.717, 1.165) is 17.8 Å². The second-order valence-corrected chi connectivity index (χ2v) is 6.21. The lowest BCUT2D eigenvalue weighted by Crippen LogP contribution is -2.27. The van der Waals surface area contributed by atoms with Crippen LogP contribution in [-0.4, -0.2) is 39.7 Å². The Morgan fingerprint density at radius 1 is 1.23 bits per heavy atom. The minimum atomic E-state index is -1.03. The van der Waals surface area contributed by atoms with Gasteiger partial charge in [-0.05, 0) is 44.2 Å². The van der Waals surface area contributed by atoms with Crippen molar-refractivity contribution < 1.29 is 23.5 Å². The summed E-state index contributed by atoms with van der Waals surface area (Å²) in [5, 5.41) is 9.47. The van der Waals surface area contributed by atoms with Crippen molar-refractivity contribution in [3.63, 3.8) is 0 Å². The molecule has 1 unspecified atom stereocenters. The number of anilines is 1. The Hall–Kier alpha value is -2.81. The van der Waals surface area contributed by atoms with E-state index in [1.54, 1.807) is 6.92 Å². The van der Waals surface area contributed by atoms with Gasteiger partial charge in [-0.25, -0.2) is 4.39 Å². The maximum Gasteiger partial charge on any atom is 0.327 e. The van der Waals surface area contributed by atoms with Gasteiger partial charge in [-0.3, -0.25) is 14.4 Å². The second kappa shape index (κ2) is 9.04. The highest BCUT2D eigenvalue weighted by Crippen LogP contribution is 2.23. The Morgan fingerprint density at radius 3 is 2.58 bits per heavy atom. The first-order valence-electron chi connectivity index (χ1n) is 7.65. The highest BCUT2D eigenvalue weighted by atomic mass is 32.2. The third-order valence-electron chi connectivity index (χ3n) is 3.08. The SMILES string of the molecule is CCOC(=O)C(Sc1ccc(NC(=O)c2cccc(F)c2)nn1)C(C)=O. The molecule has 0 radical (unpaired) electrons. The number of hydrogen-bond acceptors (Lipinski definition) is 7. The fraction of sp³-hybridized carbons (Fsp3) is 0.235. The Kier molecular flexibility index (Phi) is 6.79. The summed E-state index contributed by atoms with van der Waals surface area (Å²) in [4.78, 5) is 35.4. The predicted octanol–water partition coefficient (Wildman–Crippen LogP) is 2.48. The number of aromatic nitrogens is 2. The van der Waals surface area contributed by atoms with Crippen molar-refractivity contribution in [3.05, 3.63) is 47.8 Å². The number of ether oxygens (including phenoxy) is 1. The average molecular weight is 377 g/mol. The molecule has 1 amide bonds. The quantitative estimate of drug-likeness (QED) is 0.450. The molecule has 1 aromatic heterocycles. The van der Waals surface area contributed by atoms with Gasteiger partial charge in [0.25, 0.3) is 5.91 Å². The van der Waals surface area contributed by atoms with Crippen LogP contribution in [0.4, 0.5) is 10.2 Å². The number of carbonyl (C=O) groups excluding carboxylic acids is 3. The lowest BCUT2D eigenvalue weighted by atomic mass is 10.2. The van der Waals surface area contributed by atoms with E-state index in [4.69, 9.17) is 4.74 Å². The van der Waals surface area contributed by atoms with Gasteiger partial charge in [-0.1, -0.05) is 17.8 Å². The van der Waals surface area contributed by atoms with E-state index in [9.17, 15) is 18.8 Å². The second-order valence-electron chi connectivity index (χ2n) is 5.08. The molecule has 9 heteroatoms. The van der Waals surface area contributed by atoms with Gasteiger partial charge in [0.1, 0.15) is 10.8 Å². The largest absolute Gasteiger partial charge is 0.465 e. The van der Waals surface area contributed by atoms with Gasteiger partial charge in [0.15, 0.2) is 16.9 Å². The summed E-state index contributed by atoms with van der Waals surface area (Å²) in [5.41, 5.74) is 0.143. The summed E-state index contributed by atoms with van der Waals surface area (Å²) in [6, 6.07) is 8.20. The van der Waals surface area contributed by atoms with Crippen molar-refractivity contribution in [1.29, 1.82) is 0 Å². The first-order valence-corrected chi connectivity index (χ1v) is 8.53. The number of esters is 1. The molecule has 0 saturated heterocycles. The zero-order chi connectivity index (χ0) is 19.1. The summed E-state index contributed by atoms with van der Waals surface area (Å²) in [6.45, 7) is 3.10. The van der Waals surface area contributed by atoms with Crippen molar-refractivity contribution in [3.8, 4) is 0 Å². The highest BCUT2D eigenvalue weighted by molar-refractivity contribution is 8.01. The molecule has 7 nitrogen and oxygen atoms in total. The number of carbonyl (C=O) groups is 3. The van der Waals surface area contributed by atoms with Crippen LogP contribution in [0.5, 0.6) is 0 Å². The summed E-state index contributed by atoms with van der Waals surface area (Å²) < 4.78 is 18.0. The highest BCUT2D eigenvalue weighted by Gasteiger charge is 2.26. The molecule has 136 valence electrons. The molecule has 1 N–H and O–H groups in total. The van der Waals surface area contributed by atoms with Gasteiger partial charge in [0.2, 0.25) is 0 Å². The number of benzene rings is 1. The number of Topliss-reactive ketones (excluding diaryl/α,β-unsaturated/α-hetero) is 1. The minimum absolute atomic E-state index is 0.143. The number of hydrogen-bond donors (Lipinski definition) is 1. The normalized spacial score (nSPS) is 11.5. The molecule has 0 aliphatic carbocycles. The van der Waals surface area contributed by atoms with Crippen LogP contribution in [0.1, 0.15) is 24.2 Å². The van der Waals surface area contributed by atoms with Gasteiger partial charge in [0, 0.05) is 5.56 Å². The zero-order valence-electron chi connectivity index (χ0n) is 14.1. The van der Waals surface area contributed by atoms with E-state index in [-0.39, 0.29) is 23.8 Å². The van der Waals surface area contributed by atoms with Crippen LogP contribution < -0.4 is 5.32 Å². The molecular formula is C17H16FN3O4S. The fourth-order valence-corrected chi connectivity index (χ4v) is 2.71. The molecule has 0 spiro atoms. The zero-order valence-corrected chi connectivity index (χ0v) is 14.9. The fourth-order valence-electron chi connectivity index (χ4n) is 1.90. The summed E-state index contributed by atoms with van der Waals surface area (Å²) in [6.07, 6.45) is 0. The van der Waals surface area contributed by atoms with Gasteiger partial charge < -0.3 is 10.1 Å². The molecule has 1 atom stereocenters. The van der Waals surface area contributed by atoms with Crippen molar-refractivity contribution in [2.45, 2.75) is 24.1 Å². The first-order chi connectivity index (χ1) is 12.4. The molecule has 2 rings (SSSR count). The molecule has 0 saturated carbocycles. The number of nitrogens with zero attached hydrogens (tertiary/aromatic N) is 2. The maximum atomic E-state index is 13.1. The van der Waals surface area contributed by atoms with Gasteiger partial charge in [-0.2, -0.15) is 0 Å². The molecule has 0 aliphatic rings. The Balaban J connectivity index is 2.04. The van der Waals surface area contributed by atoms with E-state index >= 15 is 0 Å². The maximum absolute atomic E-state index is 13.1. The standard InChI is InChI=1S/C17H16FN3O4S/c1-3-25-17(24)15(10(2)22)26-14-8-7-13(20-21-14)19-16(23)11-5-4-6-12(18)9-11/h4-9,15H,3H2,1-2H3,(H,19,20,23). The van der Waals surface area contributed by atoms with Crippen molar-refractivity contribution in [2.75, 3.05) is 11.9 Å². The van der Waals surface area contributed by atoms with Crippen molar-refractivity contribution in [2.24, 2.45) is 0 Å². The van der Waals surface area contributed by atoms with Crippen LogP contribution in [0.15, 0.2) is 41.4 Å². The van der Waals surface area contributed by atoms with Gasteiger partial charge in [-0.15, -0.1) is 10.2 Å². The summed E-state index contributed by atoms with van der Waals surface area (Å²) in [7, 11) is 0. The molecule has 2 aromatic rings. The summed E-state index contributed by atoms with van der Waals surface area (Å²) >= 11 is 0.911. The molecule has 1 aromatic carbocycles. The molecule has 1 heterocycles. The number of amides is 1. The predicted molar refractivity (Wildman–Crippen MR) is 93.3 cm³/mol. The molecule has 26 heavy (non-hydrogen) atoms. The van der Waals surface area contributed by atoms with Crippen molar-refractivity contribution >= 4 is 35.2 Å². The van der Waals surface area contributed by atoms with Crippen LogP contribution in [-0.2, 0) is 14.3 Å². The number of halogens is 1. The Labute approximate surface area is 153 Å². The van der Waals surface area contributed by atoms with Crippen LogP contribution in [0.25, 0.3) is 0 Å². The van der Waals surface area contributed by atoms with Crippen LogP contribution >= 0.6 is 11.8 Å². The van der Waals surface area contributed by atoms with E-state index in [1.165, 1.54) is 37.3 Å². The Bertz CT molecular complexity index is 814. The minimum Gasteiger partial charge on any atom is -0.465 e. The van der Waals surface area contributed by atoms with E-state index < -0.39 is 22.9 Å². The lowest BCUT2D eigenvalue weighted by Gasteiger charge is -2.11. The van der Waals surface area contributed by atoms with Crippen LogP contribution in [0, 0.1) is 5.82 Å². The molecular weight excluding hydrogens is 361 g/mol. The van der Waals surface area contributed by atoms with Gasteiger partial charge in [0.05, 0.1) is 6.61 Å². The van der Waals surface area contributed by atoms with E-state index in [2.05, 4.69) is 15.5 Å². The first kappa shape index (κ1) is 19.5. The third-order valence-corrected chi connectivity index (χ3v) is 4.30. The lowest BCUT2D eigenvalue weighted by molar-refractivity contribution is -0.144. The van der Waals surface area contributed by atoms with Crippen LogP contribution in [0.2, 0.25) is 0 Å². The Morgan fingerprint density at radius 2 is 2.00 bits per heavy atom. The topological polar surface area (TPSA) is 98.2 Å². The number of thioether (sulfide) groups is 1. The monoisotopic (exact) mass is 377 g/mol. The summed E-state index contributed by atoms with van der Waals surface area (Å²) in [5.74, 6) is -1.91. The number of rotatable bonds is 7. The van der Waals surface area contributed by atoms with Gasteiger partial charge >= 0.3 is 5.97 Å². The van der Waals surface area contributed by atoms with E-state index in [1.807, 2.05) is 0 Å². The third kappa shape index (κ3) is 5.35. The molecule has 0 aliphatic heterocycles. The number of nitrogens with one attached hydrogen (secondary N) is 1.